The zero-order valence-corrected chi connectivity index (χ0v) is 14.1. The quantitative estimate of drug-likeness (QED) is 0.866. The molecule has 5 heteroatoms. The summed E-state index contributed by atoms with van der Waals surface area (Å²) >= 11 is 9.63. The fourth-order valence-corrected chi connectivity index (χ4v) is 3.52. The van der Waals surface area contributed by atoms with Crippen LogP contribution in [-0.2, 0) is 0 Å². The normalized spacial score (nSPS) is 25.6. The first-order valence-corrected chi connectivity index (χ1v) is 8.25. The Morgan fingerprint density at radius 2 is 2.30 bits per heavy atom. The minimum absolute atomic E-state index is 0.0437. The molecule has 1 aromatic carbocycles. The summed E-state index contributed by atoms with van der Waals surface area (Å²) < 4.78 is 0.970. The molecule has 0 bridgehead atoms. The molecular weight excluding hydrogens is 340 g/mol. The van der Waals surface area contributed by atoms with Crippen molar-refractivity contribution in [2.75, 3.05) is 19.6 Å². The molecule has 3 N–H and O–H groups in total. The van der Waals surface area contributed by atoms with Crippen LogP contribution in [0, 0.1) is 5.92 Å². The summed E-state index contributed by atoms with van der Waals surface area (Å²) in [5.74, 6) is 0.344. The minimum Gasteiger partial charge on any atom is -0.393 e. The molecule has 1 aliphatic heterocycles. The van der Waals surface area contributed by atoms with Gasteiger partial charge in [-0.2, -0.15) is 0 Å². The van der Waals surface area contributed by atoms with E-state index in [1.54, 1.807) is 0 Å². The van der Waals surface area contributed by atoms with Crippen molar-refractivity contribution in [3.05, 3.63) is 33.3 Å². The van der Waals surface area contributed by atoms with Gasteiger partial charge in [-0.15, -0.1) is 0 Å². The molecule has 112 valence electrons. The summed E-state index contributed by atoms with van der Waals surface area (Å²) in [6.07, 6.45) is 1.58. The smallest absolute Gasteiger partial charge is 0.0590 e. The molecule has 1 fully saturated rings. The van der Waals surface area contributed by atoms with Gasteiger partial charge in [0.2, 0.25) is 0 Å². The van der Waals surface area contributed by atoms with Crippen LogP contribution in [0.5, 0.6) is 0 Å². The maximum atomic E-state index is 9.74. The molecule has 3 nitrogen and oxygen atoms in total. The van der Waals surface area contributed by atoms with Crippen molar-refractivity contribution in [1.29, 1.82) is 0 Å². The van der Waals surface area contributed by atoms with Crippen molar-refractivity contribution in [1.82, 2.24) is 4.90 Å². The van der Waals surface area contributed by atoms with Gasteiger partial charge in [-0.1, -0.05) is 40.5 Å². The highest BCUT2D eigenvalue weighted by molar-refractivity contribution is 9.10. The van der Waals surface area contributed by atoms with Crippen LogP contribution in [-0.4, -0.2) is 35.7 Å². The number of nitrogens with two attached hydrogens (primary N) is 1. The Hall–Kier alpha value is -0.130. The highest BCUT2D eigenvalue weighted by Crippen LogP contribution is 2.27. The fourth-order valence-electron chi connectivity index (χ4n) is 2.70. The molecule has 1 aromatic rings. The molecule has 20 heavy (non-hydrogen) atoms. The van der Waals surface area contributed by atoms with Crippen LogP contribution in [0.2, 0.25) is 5.02 Å². The lowest BCUT2D eigenvalue weighted by molar-refractivity contribution is 0.0341. The molecule has 3 atom stereocenters. The third kappa shape index (κ3) is 4.18. The van der Waals surface area contributed by atoms with Crippen molar-refractivity contribution in [3.8, 4) is 0 Å². The van der Waals surface area contributed by atoms with E-state index in [2.05, 4.69) is 27.8 Å². The summed E-state index contributed by atoms with van der Waals surface area (Å²) in [5.41, 5.74) is 7.25. The van der Waals surface area contributed by atoms with Crippen LogP contribution in [0.1, 0.15) is 31.4 Å². The van der Waals surface area contributed by atoms with Gasteiger partial charge in [0.25, 0.3) is 0 Å². The minimum atomic E-state index is -0.152. The van der Waals surface area contributed by atoms with Crippen LogP contribution in [0.4, 0.5) is 0 Å². The van der Waals surface area contributed by atoms with E-state index in [4.69, 9.17) is 17.3 Å². The number of nitrogens with zero attached hydrogens (tertiary/aromatic N) is 1. The van der Waals surface area contributed by atoms with Crippen LogP contribution >= 0.6 is 27.5 Å². The Morgan fingerprint density at radius 1 is 1.55 bits per heavy atom. The van der Waals surface area contributed by atoms with Gasteiger partial charge in [-0.05, 0) is 43.0 Å². The lowest BCUT2D eigenvalue weighted by Crippen LogP contribution is -2.42. The molecule has 0 saturated carbocycles. The maximum absolute atomic E-state index is 9.74. The molecule has 2 rings (SSSR count). The first-order valence-electron chi connectivity index (χ1n) is 7.08. The molecule has 1 aliphatic rings. The number of benzene rings is 1. The molecule has 0 amide bonds. The molecular formula is C15H22BrClN2O. The summed E-state index contributed by atoms with van der Waals surface area (Å²) in [6, 6.07) is 5.80. The zero-order chi connectivity index (χ0) is 14.7. The number of rotatable bonds is 4. The van der Waals surface area contributed by atoms with Crippen LogP contribution < -0.4 is 5.73 Å². The van der Waals surface area contributed by atoms with Gasteiger partial charge in [-0.25, -0.2) is 0 Å². The number of aliphatic hydroxyl groups is 1. The third-order valence-corrected chi connectivity index (χ3v) is 4.88. The number of hydrogen-bond acceptors (Lipinski definition) is 3. The lowest BCUT2D eigenvalue weighted by Gasteiger charge is -2.34. The van der Waals surface area contributed by atoms with E-state index in [-0.39, 0.29) is 12.1 Å². The highest BCUT2D eigenvalue weighted by atomic mass is 79.9. The molecule has 0 aromatic heterocycles. The molecule has 1 saturated heterocycles. The number of piperidine rings is 1. The van der Waals surface area contributed by atoms with E-state index < -0.39 is 0 Å². The van der Waals surface area contributed by atoms with Gasteiger partial charge in [0.15, 0.2) is 0 Å². The van der Waals surface area contributed by atoms with Gasteiger partial charge < -0.3 is 15.7 Å². The predicted octanol–water partition coefficient (Wildman–Crippen LogP) is 3.20. The average Bonchev–Trinajstić information content (AvgIpc) is 2.40. The summed E-state index contributed by atoms with van der Waals surface area (Å²) in [5, 5.41) is 10.5. The van der Waals surface area contributed by atoms with E-state index in [0.29, 0.717) is 10.9 Å². The standard InChI is InChI=1S/C15H22BrClN2O/c1-10-9-19(7-5-15(10)20)6-4-14(18)12-3-2-11(16)8-13(12)17/h2-3,8,10,14-15,20H,4-7,9,18H2,1H3. The monoisotopic (exact) mass is 360 g/mol. The van der Waals surface area contributed by atoms with Gasteiger partial charge >= 0.3 is 0 Å². The fraction of sp³-hybridized carbons (Fsp3) is 0.600. The number of aliphatic hydroxyl groups excluding tert-OH is 1. The van der Waals surface area contributed by atoms with Crippen molar-refractivity contribution >= 4 is 27.5 Å². The Bertz CT molecular complexity index is 457. The van der Waals surface area contributed by atoms with Gasteiger partial charge in [0, 0.05) is 28.6 Å². The molecule has 3 unspecified atom stereocenters. The molecule has 0 radical (unpaired) electrons. The molecule has 1 heterocycles. The van der Waals surface area contributed by atoms with E-state index in [0.717, 1.165) is 42.5 Å². The largest absolute Gasteiger partial charge is 0.393 e. The Balaban J connectivity index is 1.87. The van der Waals surface area contributed by atoms with Crippen molar-refractivity contribution in [3.63, 3.8) is 0 Å². The second-order valence-electron chi connectivity index (χ2n) is 5.69. The Kier molecular flexibility index (Phi) is 5.87. The molecule has 0 aliphatic carbocycles. The van der Waals surface area contributed by atoms with Crippen molar-refractivity contribution in [2.24, 2.45) is 11.7 Å². The Labute approximate surface area is 134 Å². The second kappa shape index (κ2) is 7.23. The van der Waals surface area contributed by atoms with Crippen LogP contribution in [0.25, 0.3) is 0 Å². The maximum Gasteiger partial charge on any atom is 0.0590 e. The number of hydrogen-bond donors (Lipinski definition) is 2. The van der Waals surface area contributed by atoms with Crippen molar-refractivity contribution in [2.45, 2.75) is 31.9 Å². The predicted molar refractivity (Wildman–Crippen MR) is 86.9 cm³/mol. The van der Waals surface area contributed by atoms with Crippen LogP contribution in [0.3, 0.4) is 0 Å². The molecule has 0 spiro atoms. The third-order valence-electron chi connectivity index (χ3n) is 4.06. The van der Waals surface area contributed by atoms with Crippen molar-refractivity contribution < 1.29 is 5.11 Å². The van der Waals surface area contributed by atoms with Gasteiger partial charge in [-0.3, -0.25) is 0 Å². The number of halogens is 2. The average molecular weight is 362 g/mol. The first kappa shape index (κ1) is 16.2. The highest BCUT2D eigenvalue weighted by Gasteiger charge is 2.24. The SMILES string of the molecule is CC1CN(CCC(N)c2ccc(Br)cc2Cl)CCC1O. The van der Waals surface area contributed by atoms with Gasteiger partial charge in [0.1, 0.15) is 0 Å². The second-order valence-corrected chi connectivity index (χ2v) is 7.02. The first-order chi connectivity index (χ1) is 9.47. The zero-order valence-electron chi connectivity index (χ0n) is 11.7. The van der Waals surface area contributed by atoms with E-state index >= 15 is 0 Å². The lowest BCUT2D eigenvalue weighted by atomic mass is 9.96. The topological polar surface area (TPSA) is 49.5 Å². The van der Waals surface area contributed by atoms with E-state index in [1.165, 1.54) is 0 Å². The van der Waals surface area contributed by atoms with E-state index in [1.807, 2.05) is 18.2 Å². The summed E-state index contributed by atoms with van der Waals surface area (Å²) in [4.78, 5) is 2.38. The summed E-state index contributed by atoms with van der Waals surface area (Å²) in [7, 11) is 0. The van der Waals surface area contributed by atoms with Crippen LogP contribution in [0.15, 0.2) is 22.7 Å². The Morgan fingerprint density at radius 3 is 2.95 bits per heavy atom. The van der Waals surface area contributed by atoms with E-state index in [9.17, 15) is 5.11 Å². The number of likely N-dealkylation sites (tertiary alicyclic amines) is 1. The summed E-state index contributed by atoms with van der Waals surface area (Å²) in [6.45, 7) is 4.95. The van der Waals surface area contributed by atoms with Gasteiger partial charge in [0.05, 0.1) is 6.10 Å².